The fraction of sp³-hybridized carbons (Fsp3) is 0.0667. The molecule has 0 saturated heterocycles. The standard InChI is InChI=1S/C15H7NO6/c17-14-4-7-3-13-10(6-12(7)22-14)15(18)9-5-8(16(19)20)1-2-11(9)21-13/h1-3,5-6H,4H2. The molecule has 0 radical (unpaired) electrons. The van der Waals surface area contributed by atoms with Gasteiger partial charge in [0.2, 0.25) is 5.43 Å². The van der Waals surface area contributed by atoms with E-state index in [9.17, 15) is 19.7 Å². The molecule has 0 spiro atoms. The van der Waals surface area contributed by atoms with E-state index in [2.05, 4.69) is 0 Å². The molecule has 22 heavy (non-hydrogen) atoms. The van der Waals surface area contributed by atoms with Gasteiger partial charge in [-0.3, -0.25) is 19.7 Å². The Morgan fingerprint density at radius 1 is 1.05 bits per heavy atom. The van der Waals surface area contributed by atoms with Gasteiger partial charge in [0.25, 0.3) is 5.69 Å². The molecule has 0 fully saturated rings. The quantitative estimate of drug-likeness (QED) is 0.225. The maximum atomic E-state index is 12.5. The monoisotopic (exact) mass is 297 g/mol. The van der Waals surface area contributed by atoms with Crippen molar-refractivity contribution in [3.63, 3.8) is 0 Å². The van der Waals surface area contributed by atoms with Crippen LogP contribution in [-0.2, 0) is 11.2 Å². The molecule has 3 aromatic rings. The van der Waals surface area contributed by atoms with E-state index in [1.54, 1.807) is 6.07 Å². The zero-order chi connectivity index (χ0) is 15.4. The molecule has 1 aliphatic rings. The molecular formula is C15H7NO6. The Morgan fingerprint density at radius 3 is 2.59 bits per heavy atom. The summed E-state index contributed by atoms with van der Waals surface area (Å²) in [4.78, 5) is 34.1. The molecule has 0 atom stereocenters. The minimum absolute atomic E-state index is 0.117. The van der Waals surface area contributed by atoms with Gasteiger partial charge in [-0.1, -0.05) is 0 Å². The number of carbonyl (C=O) groups is 1. The van der Waals surface area contributed by atoms with Gasteiger partial charge in [0.1, 0.15) is 16.9 Å². The van der Waals surface area contributed by atoms with E-state index < -0.39 is 16.3 Å². The lowest BCUT2D eigenvalue weighted by atomic mass is 10.1. The summed E-state index contributed by atoms with van der Waals surface area (Å²) in [7, 11) is 0. The maximum absolute atomic E-state index is 12.5. The van der Waals surface area contributed by atoms with Crippen molar-refractivity contribution >= 4 is 33.6 Å². The second-order valence-electron chi connectivity index (χ2n) is 4.98. The number of non-ortho nitro benzene ring substituents is 1. The summed E-state index contributed by atoms with van der Waals surface area (Å²) in [6.07, 6.45) is 0.132. The van der Waals surface area contributed by atoms with Crippen LogP contribution in [0.4, 0.5) is 5.69 Å². The van der Waals surface area contributed by atoms with Crippen molar-refractivity contribution in [1.82, 2.24) is 0 Å². The highest BCUT2D eigenvalue weighted by Gasteiger charge is 2.23. The molecule has 0 bridgehead atoms. The molecule has 4 rings (SSSR count). The summed E-state index contributed by atoms with van der Waals surface area (Å²) in [5, 5.41) is 11.2. The lowest BCUT2D eigenvalue weighted by Crippen LogP contribution is -2.03. The number of esters is 1. The first-order chi connectivity index (χ1) is 10.5. The normalized spacial score (nSPS) is 13.4. The minimum Gasteiger partial charge on any atom is -0.456 e. The smallest absolute Gasteiger partial charge is 0.315 e. The van der Waals surface area contributed by atoms with Gasteiger partial charge < -0.3 is 9.15 Å². The first-order valence-electron chi connectivity index (χ1n) is 6.41. The maximum Gasteiger partial charge on any atom is 0.315 e. The van der Waals surface area contributed by atoms with Crippen LogP contribution >= 0.6 is 0 Å². The average Bonchev–Trinajstić information content (AvgIpc) is 2.84. The zero-order valence-electron chi connectivity index (χ0n) is 11.0. The van der Waals surface area contributed by atoms with Gasteiger partial charge in [0, 0.05) is 17.7 Å². The number of nitro benzene ring substituents is 1. The van der Waals surface area contributed by atoms with Crippen LogP contribution in [0.5, 0.6) is 5.75 Å². The fourth-order valence-electron chi connectivity index (χ4n) is 2.57. The molecule has 0 aliphatic carbocycles. The Bertz CT molecular complexity index is 1050. The van der Waals surface area contributed by atoms with Gasteiger partial charge in [-0.15, -0.1) is 0 Å². The highest BCUT2D eigenvalue weighted by molar-refractivity contribution is 5.94. The van der Waals surface area contributed by atoms with Gasteiger partial charge in [-0.2, -0.15) is 0 Å². The van der Waals surface area contributed by atoms with Gasteiger partial charge in [0.15, 0.2) is 0 Å². The molecule has 1 aromatic heterocycles. The molecular weight excluding hydrogens is 290 g/mol. The number of carbonyl (C=O) groups excluding carboxylic acids is 1. The average molecular weight is 297 g/mol. The predicted octanol–water partition coefficient (Wildman–Crippen LogP) is 2.32. The second kappa shape index (κ2) is 4.14. The van der Waals surface area contributed by atoms with Crippen molar-refractivity contribution in [1.29, 1.82) is 0 Å². The summed E-state index contributed by atoms with van der Waals surface area (Å²) >= 11 is 0. The third-order valence-electron chi connectivity index (χ3n) is 3.60. The van der Waals surface area contributed by atoms with Gasteiger partial charge >= 0.3 is 5.97 Å². The molecule has 0 amide bonds. The van der Waals surface area contributed by atoms with E-state index in [0.717, 1.165) is 0 Å². The SMILES string of the molecule is O=C1Cc2cc3oc4ccc([N+](=O)[O-])cc4c(=O)c3cc2O1. The summed E-state index contributed by atoms with van der Waals surface area (Å²) < 4.78 is 10.6. The van der Waals surface area contributed by atoms with Crippen LogP contribution in [0, 0.1) is 10.1 Å². The van der Waals surface area contributed by atoms with Crippen molar-refractivity contribution in [2.75, 3.05) is 0 Å². The van der Waals surface area contributed by atoms with Crippen LogP contribution in [0.15, 0.2) is 39.5 Å². The number of fused-ring (bicyclic) bond motifs is 3. The number of benzene rings is 2. The van der Waals surface area contributed by atoms with E-state index in [0.29, 0.717) is 16.9 Å². The molecule has 0 unspecified atom stereocenters. The second-order valence-corrected chi connectivity index (χ2v) is 4.98. The van der Waals surface area contributed by atoms with Crippen LogP contribution in [0.3, 0.4) is 0 Å². The Morgan fingerprint density at radius 2 is 1.82 bits per heavy atom. The number of nitro groups is 1. The van der Waals surface area contributed by atoms with E-state index in [1.807, 2.05) is 0 Å². The van der Waals surface area contributed by atoms with Crippen LogP contribution in [0.25, 0.3) is 21.9 Å². The topological polar surface area (TPSA) is 99.6 Å². The number of hydrogen-bond acceptors (Lipinski definition) is 6. The lowest BCUT2D eigenvalue weighted by Gasteiger charge is -2.03. The molecule has 7 heteroatoms. The van der Waals surface area contributed by atoms with Gasteiger partial charge in [-0.25, -0.2) is 0 Å². The highest BCUT2D eigenvalue weighted by Crippen LogP contribution is 2.31. The van der Waals surface area contributed by atoms with Crippen LogP contribution in [0.1, 0.15) is 5.56 Å². The fourth-order valence-corrected chi connectivity index (χ4v) is 2.57. The van der Waals surface area contributed by atoms with Crippen molar-refractivity contribution in [3.05, 3.63) is 56.2 Å². The molecule has 0 saturated carbocycles. The van der Waals surface area contributed by atoms with Crippen molar-refractivity contribution in [2.45, 2.75) is 6.42 Å². The van der Waals surface area contributed by atoms with Gasteiger partial charge in [0.05, 0.1) is 22.1 Å². The molecule has 7 nitrogen and oxygen atoms in total. The number of nitrogens with zero attached hydrogens (tertiary/aromatic N) is 1. The molecule has 108 valence electrons. The molecule has 0 N–H and O–H groups in total. The van der Waals surface area contributed by atoms with E-state index in [-0.39, 0.29) is 28.5 Å². The molecule has 2 aromatic carbocycles. The largest absolute Gasteiger partial charge is 0.456 e. The van der Waals surface area contributed by atoms with E-state index >= 15 is 0 Å². The van der Waals surface area contributed by atoms with Crippen LogP contribution in [0.2, 0.25) is 0 Å². The predicted molar refractivity (Wildman–Crippen MR) is 76.0 cm³/mol. The summed E-state index contributed by atoms with van der Waals surface area (Å²) in [5.74, 6) is -0.0625. The van der Waals surface area contributed by atoms with Crippen molar-refractivity contribution in [2.24, 2.45) is 0 Å². The summed E-state index contributed by atoms with van der Waals surface area (Å²) in [5.41, 5.74) is 0.649. The van der Waals surface area contributed by atoms with Crippen molar-refractivity contribution in [3.8, 4) is 5.75 Å². The number of hydrogen-bond donors (Lipinski definition) is 0. The molecule has 2 heterocycles. The Labute approximate surface area is 121 Å². The number of ether oxygens (including phenoxy) is 1. The third-order valence-corrected chi connectivity index (χ3v) is 3.60. The van der Waals surface area contributed by atoms with E-state index in [4.69, 9.17) is 9.15 Å². The first-order valence-corrected chi connectivity index (χ1v) is 6.41. The molecule has 1 aliphatic heterocycles. The van der Waals surface area contributed by atoms with Crippen molar-refractivity contribution < 1.29 is 18.9 Å². The Balaban J connectivity index is 2.09. The Hall–Kier alpha value is -3.22. The highest BCUT2D eigenvalue weighted by atomic mass is 16.6. The Kier molecular flexibility index (Phi) is 2.35. The van der Waals surface area contributed by atoms with Crippen LogP contribution < -0.4 is 10.2 Å². The van der Waals surface area contributed by atoms with E-state index in [1.165, 1.54) is 24.3 Å². The summed E-state index contributed by atoms with van der Waals surface area (Å²) in [6.45, 7) is 0. The first kappa shape index (κ1) is 12.5. The number of rotatable bonds is 1. The lowest BCUT2D eigenvalue weighted by molar-refractivity contribution is -0.384. The third kappa shape index (κ3) is 1.69. The minimum atomic E-state index is -0.576. The summed E-state index contributed by atoms with van der Waals surface area (Å²) in [6, 6.07) is 6.89. The zero-order valence-corrected chi connectivity index (χ0v) is 11.0. The van der Waals surface area contributed by atoms with Gasteiger partial charge in [-0.05, 0) is 18.2 Å². The van der Waals surface area contributed by atoms with Crippen LogP contribution in [-0.4, -0.2) is 10.9 Å².